The minimum absolute atomic E-state index is 0.0417. The van der Waals surface area contributed by atoms with Crippen LogP contribution in [0.4, 0.5) is 0 Å². The zero-order chi connectivity index (χ0) is 17.8. The van der Waals surface area contributed by atoms with Crippen LogP contribution in [-0.2, 0) is 9.53 Å². The second-order valence-electron chi connectivity index (χ2n) is 6.67. The van der Waals surface area contributed by atoms with Gasteiger partial charge in [0.2, 0.25) is 0 Å². The molecule has 2 aromatic carbocycles. The van der Waals surface area contributed by atoms with Crippen LogP contribution in [0.15, 0.2) is 65.8 Å². The molecule has 0 N–H and O–H groups in total. The molecular formula is C21H23N3O2. The molecule has 2 aliphatic rings. The Bertz CT molecular complexity index is 770. The molecule has 1 saturated heterocycles. The molecule has 5 heteroatoms. The highest BCUT2D eigenvalue weighted by atomic mass is 16.5. The number of benzene rings is 2. The number of hydrazone groups is 1. The van der Waals surface area contributed by atoms with E-state index in [0.29, 0.717) is 19.8 Å². The van der Waals surface area contributed by atoms with Gasteiger partial charge < -0.3 is 4.74 Å². The Balaban J connectivity index is 1.58. The second kappa shape index (κ2) is 7.81. The molecule has 0 aliphatic carbocycles. The molecule has 0 bridgehead atoms. The number of morpholine rings is 1. The van der Waals surface area contributed by atoms with Crippen molar-refractivity contribution in [3.8, 4) is 0 Å². The Kier molecular flexibility index (Phi) is 5.09. The molecule has 2 aromatic rings. The van der Waals surface area contributed by atoms with E-state index in [9.17, 15) is 4.79 Å². The van der Waals surface area contributed by atoms with E-state index >= 15 is 0 Å². The normalized spacial score (nSPS) is 20.8. The first-order valence-corrected chi connectivity index (χ1v) is 9.11. The summed E-state index contributed by atoms with van der Waals surface area (Å²) in [6.45, 7) is 3.36. The Morgan fingerprint density at radius 1 is 1.00 bits per heavy atom. The van der Waals surface area contributed by atoms with Crippen LogP contribution in [-0.4, -0.2) is 54.4 Å². The third-order valence-electron chi connectivity index (χ3n) is 4.92. The third-order valence-corrected chi connectivity index (χ3v) is 4.92. The topological polar surface area (TPSA) is 45.1 Å². The molecule has 0 saturated carbocycles. The van der Waals surface area contributed by atoms with Crippen LogP contribution in [0.25, 0.3) is 0 Å². The average Bonchev–Trinajstić information content (AvgIpc) is 3.16. The van der Waals surface area contributed by atoms with Gasteiger partial charge in [-0.1, -0.05) is 60.7 Å². The van der Waals surface area contributed by atoms with Gasteiger partial charge in [0.05, 0.1) is 31.5 Å². The number of carbonyl (C=O) groups is 1. The highest BCUT2D eigenvalue weighted by molar-refractivity contribution is 6.03. The van der Waals surface area contributed by atoms with Crippen LogP contribution in [0, 0.1) is 0 Å². The molecule has 0 spiro atoms. The molecule has 4 rings (SSSR count). The number of ether oxygens (including phenoxy) is 1. The van der Waals surface area contributed by atoms with E-state index in [-0.39, 0.29) is 11.9 Å². The van der Waals surface area contributed by atoms with E-state index in [1.54, 1.807) is 5.01 Å². The first-order valence-electron chi connectivity index (χ1n) is 9.11. The lowest BCUT2D eigenvalue weighted by molar-refractivity contribution is -0.135. The van der Waals surface area contributed by atoms with Gasteiger partial charge in [-0.3, -0.25) is 9.69 Å². The zero-order valence-corrected chi connectivity index (χ0v) is 14.8. The summed E-state index contributed by atoms with van der Waals surface area (Å²) in [6.07, 6.45) is 0.739. The molecule has 2 aliphatic heterocycles. The monoisotopic (exact) mass is 349 g/mol. The molecule has 2 heterocycles. The van der Waals surface area contributed by atoms with E-state index in [2.05, 4.69) is 29.2 Å². The second-order valence-corrected chi connectivity index (χ2v) is 6.67. The minimum atomic E-state index is -0.0417. The van der Waals surface area contributed by atoms with Gasteiger partial charge in [0.15, 0.2) is 0 Å². The van der Waals surface area contributed by atoms with Crippen molar-refractivity contribution in [1.29, 1.82) is 0 Å². The third kappa shape index (κ3) is 3.69. The van der Waals surface area contributed by atoms with Crippen LogP contribution >= 0.6 is 0 Å². The van der Waals surface area contributed by atoms with Gasteiger partial charge in [0.1, 0.15) is 0 Å². The van der Waals surface area contributed by atoms with Crippen LogP contribution < -0.4 is 0 Å². The van der Waals surface area contributed by atoms with Crippen molar-refractivity contribution < 1.29 is 9.53 Å². The van der Waals surface area contributed by atoms with Gasteiger partial charge in [-0.25, -0.2) is 5.01 Å². The molecule has 0 radical (unpaired) electrons. The van der Waals surface area contributed by atoms with Crippen molar-refractivity contribution >= 4 is 11.6 Å². The molecule has 1 fully saturated rings. The molecule has 26 heavy (non-hydrogen) atoms. The van der Waals surface area contributed by atoms with E-state index in [1.165, 1.54) is 0 Å². The number of nitrogens with zero attached hydrogens (tertiary/aromatic N) is 3. The van der Waals surface area contributed by atoms with Crippen molar-refractivity contribution in [3.63, 3.8) is 0 Å². The predicted molar refractivity (Wildman–Crippen MR) is 101 cm³/mol. The number of hydrogen-bond acceptors (Lipinski definition) is 4. The Hall–Kier alpha value is -2.50. The molecule has 5 nitrogen and oxygen atoms in total. The predicted octanol–water partition coefficient (Wildman–Crippen LogP) is 2.70. The average molecular weight is 349 g/mol. The minimum Gasteiger partial charge on any atom is -0.379 e. The van der Waals surface area contributed by atoms with Crippen LogP contribution in [0.1, 0.15) is 23.6 Å². The van der Waals surface area contributed by atoms with E-state index in [0.717, 1.165) is 36.3 Å². The summed E-state index contributed by atoms with van der Waals surface area (Å²) in [7, 11) is 0. The molecule has 134 valence electrons. The number of hydrogen-bond donors (Lipinski definition) is 0. The van der Waals surface area contributed by atoms with Crippen molar-refractivity contribution in [2.45, 2.75) is 12.5 Å². The van der Waals surface area contributed by atoms with Crippen molar-refractivity contribution in [2.75, 3.05) is 32.8 Å². The quantitative estimate of drug-likeness (QED) is 0.853. The summed E-state index contributed by atoms with van der Waals surface area (Å²) in [5.74, 6) is 0.0479. The van der Waals surface area contributed by atoms with Gasteiger partial charge in [-0.15, -0.1) is 0 Å². The highest BCUT2D eigenvalue weighted by Crippen LogP contribution is 2.32. The Morgan fingerprint density at radius 2 is 1.65 bits per heavy atom. The lowest BCUT2D eigenvalue weighted by Gasteiger charge is -2.29. The summed E-state index contributed by atoms with van der Waals surface area (Å²) in [5.41, 5.74) is 3.17. The lowest BCUT2D eigenvalue weighted by Crippen LogP contribution is -2.43. The van der Waals surface area contributed by atoms with Crippen molar-refractivity contribution in [1.82, 2.24) is 9.91 Å². The lowest BCUT2D eigenvalue weighted by atomic mass is 9.98. The molecule has 1 amide bonds. The first kappa shape index (κ1) is 16.9. The smallest absolute Gasteiger partial charge is 0.257 e. The van der Waals surface area contributed by atoms with Gasteiger partial charge in [-0.2, -0.15) is 5.10 Å². The van der Waals surface area contributed by atoms with Crippen LogP contribution in [0.5, 0.6) is 0 Å². The number of carbonyl (C=O) groups excluding carboxylic acids is 1. The molecule has 1 atom stereocenters. The van der Waals surface area contributed by atoms with Gasteiger partial charge in [-0.05, 0) is 11.1 Å². The van der Waals surface area contributed by atoms with E-state index in [4.69, 9.17) is 9.84 Å². The summed E-state index contributed by atoms with van der Waals surface area (Å²) in [5, 5.41) is 6.41. The fourth-order valence-electron chi connectivity index (χ4n) is 3.50. The summed E-state index contributed by atoms with van der Waals surface area (Å²) >= 11 is 0. The summed E-state index contributed by atoms with van der Waals surface area (Å²) < 4.78 is 5.38. The molecular weight excluding hydrogens is 326 g/mol. The molecule has 0 aromatic heterocycles. The van der Waals surface area contributed by atoms with Gasteiger partial charge in [0, 0.05) is 19.5 Å². The van der Waals surface area contributed by atoms with Gasteiger partial charge in [0.25, 0.3) is 5.91 Å². The largest absolute Gasteiger partial charge is 0.379 e. The van der Waals surface area contributed by atoms with E-state index in [1.807, 2.05) is 36.4 Å². The summed E-state index contributed by atoms with van der Waals surface area (Å²) in [6, 6.07) is 20.2. The molecule has 0 unspecified atom stereocenters. The van der Waals surface area contributed by atoms with Crippen LogP contribution in [0.2, 0.25) is 0 Å². The maximum atomic E-state index is 13.0. The van der Waals surface area contributed by atoms with Crippen molar-refractivity contribution in [2.24, 2.45) is 5.10 Å². The fourth-order valence-corrected chi connectivity index (χ4v) is 3.50. The fraction of sp³-hybridized carbons (Fsp3) is 0.333. The Morgan fingerprint density at radius 3 is 2.35 bits per heavy atom. The van der Waals surface area contributed by atoms with Crippen LogP contribution in [0.3, 0.4) is 0 Å². The first-order chi connectivity index (χ1) is 12.8. The highest BCUT2D eigenvalue weighted by Gasteiger charge is 2.33. The Labute approximate surface area is 153 Å². The van der Waals surface area contributed by atoms with Crippen molar-refractivity contribution in [3.05, 3.63) is 71.8 Å². The maximum absolute atomic E-state index is 13.0. The number of rotatable bonds is 4. The van der Waals surface area contributed by atoms with Gasteiger partial charge >= 0.3 is 0 Å². The standard InChI is InChI=1S/C21H23N3O2/c25-21(16-23-11-13-26-14-12-23)24-20(18-9-5-2-6-10-18)15-19(22-24)17-7-3-1-4-8-17/h1-10,20H,11-16H2/t20-/m1/s1. The SMILES string of the molecule is O=C(CN1CCOCC1)N1N=C(c2ccccc2)C[C@@H]1c1ccccc1. The van der Waals surface area contributed by atoms with E-state index < -0.39 is 0 Å². The zero-order valence-electron chi connectivity index (χ0n) is 14.8. The summed E-state index contributed by atoms with van der Waals surface area (Å²) in [4.78, 5) is 15.2. The number of amides is 1. The maximum Gasteiger partial charge on any atom is 0.257 e.